The number of halogens is 1. The molecular formula is C23H27ClO6. The van der Waals surface area contributed by atoms with E-state index >= 15 is 0 Å². The van der Waals surface area contributed by atoms with Crippen LogP contribution < -0.4 is 4.74 Å². The summed E-state index contributed by atoms with van der Waals surface area (Å²) in [5, 5.41) is 0.496. The smallest absolute Gasteiger partial charge is 0.338 e. The van der Waals surface area contributed by atoms with E-state index in [0.29, 0.717) is 21.9 Å². The van der Waals surface area contributed by atoms with Crippen molar-refractivity contribution in [3.05, 3.63) is 63.7 Å². The maximum absolute atomic E-state index is 12.8. The molecule has 0 amide bonds. The Bertz CT molecular complexity index is 880. The molecule has 0 heterocycles. The Hall–Kier alpha value is -2.57. The fourth-order valence-corrected chi connectivity index (χ4v) is 3.39. The van der Waals surface area contributed by atoms with Gasteiger partial charge in [0.1, 0.15) is 5.75 Å². The van der Waals surface area contributed by atoms with Crippen LogP contribution in [0.3, 0.4) is 0 Å². The van der Waals surface area contributed by atoms with Crippen LogP contribution in [0.2, 0.25) is 5.02 Å². The highest BCUT2D eigenvalue weighted by molar-refractivity contribution is 6.31. The van der Waals surface area contributed by atoms with Gasteiger partial charge in [0.25, 0.3) is 0 Å². The van der Waals surface area contributed by atoms with E-state index < -0.39 is 11.9 Å². The molecule has 2 aromatic carbocycles. The molecule has 30 heavy (non-hydrogen) atoms. The molecule has 0 N–H and O–H groups in total. The van der Waals surface area contributed by atoms with Gasteiger partial charge in [-0.1, -0.05) is 29.8 Å². The molecule has 0 bridgehead atoms. The van der Waals surface area contributed by atoms with Crippen LogP contribution in [0.25, 0.3) is 0 Å². The van der Waals surface area contributed by atoms with Crippen molar-refractivity contribution >= 4 is 23.5 Å². The fraction of sp³-hybridized carbons (Fsp3) is 0.391. The molecule has 0 aliphatic rings. The molecule has 0 spiro atoms. The van der Waals surface area contributed by atoms with Crippen molar-refractivity contribution in [2.45, 2.75) is 33.1 Å². The van der Waals surface area contributed by atoms with Crippen molar-refractivity contribution in [3.8, 4) is 5.75 Å². The van der Waals surface area contributed by atoms with Crippen molar-refractivity contribution in [2.75, 3.05) is 27.1 Å². The van der Waals surface area contributed by atoms with E-state index in [9.17, 15) is 9.59 Å². The van der Waals surface area contributed by atoms with Crippen LogP contribution in [-0.2, 0) is 25.4 Å². The van der Waals surface area contributed by atoms with Gasteiger partial charge in [-0.05, 0) is 62.1 Å². The van der Waals surface area contributed by atoms with Crippen LogP contribution in [0.1, 0.15) is 46.8 Å². The summed E-state index contributed by atoms with van der Waals surface area (Å²) < 4.78 is 21.0. The first-order chi connectivity index (χ1) is 14.4. The minimum atomic E-state index is -0.628. The number of methoxy groups -OCH3 is 1. The second kappa shape index (κ2) is 11.6. The Balaban J connectivity index is 2.44. The maximum Gasteiger partial charge on any atom is 0.338 e. The van der Waals surface area contributed by atoms with E-state index in [2.05, 4.69) is 0 Å². The Morgan fingerprint density at radius 2 is 1.77 bits per heavy atom. The molecule has 2 aromatic rings. The third kappa shape index (κ3) is 6.21. The molecule has 0 saturated heterocycles. The SMILES string of the molecule is CCOC(=O)c1ccc(CC(C(=O)OCC)c2ccc(C)cc2Cl)c(OCOC)c1. The summed E-state index contributed by atoms with van der Waals surface area (Å²) in [6.07, 6.45) is 0.282. The Labute approximate surface area is 182 Å². The molecule has 0 saturated carbocycles. The number of esters is 2. The van der Waals surface area contributed by atoms with Gasteiger partial charge in [0.2, 0.25) is 0 Å². The number of hydrogen-bond donors (Lipinski definition) is 0. The van der Waals surface area contributed by atoms with E-state index in [-0.39, 0.29) is 32.4 Å². The molecule has 1 atom stereocenters. The number of hydrogen-bond acceptors (Lipinski definition) is 6. The van der Waals surface area contributed by atoms with Crippen molar-refractivity contribution in [1.29, 1.82) is 0 Å². The first kappa shape index (κ1) is 23.7. The van der Waals surface area contributed by atoms with Gasteiger partial charge in [0, 0.05) is 12.1 Å². The predicted octanol–water partition coefficient (Wildman–Crippen LogP) is 4.70. The Morgan fingerprint density at radius 3 is 2.40 bits per heavy atom. The lowest BCUT2D eigenvalue weighted by molar-refractivity contribution is -0.144. The number of carbonyl (C=O) groups is 2. The van der Waals surface area contributed by atoms with Crippen LogP contribution in [0.15, 0.2) is 36.4 Å². The zero-order valence-electron chi connectivity index (χ0n) is 17.7. The van der Waals surface area contributed by atoms with Crippen molar-refractivity contribution in [1.82, 2.24) is 0 Å². The first-order valence-corrected chi connectivity index (χ1v) is 10.1. The number of carbonyl (C=O) groups excluding carboxylic acids is 2. The molecule has 0 radical (unpaired) electrons. The third-order valence-corrected chi connectivity index (χ3v) is 4.76. The van der Waals surface area contributed by atoms with E-state index in [1.165, 1.54) is 7.11 Å². The lowest BCUT2D eigenvalue weighted by Gasteiger charge is -2.20. The fourth-order valence-electron chi connectivity index (χ4n) is 3.02. The molecule has 1 unspecified atom stereocenters. The highest BCUT2D eigenvalue weighted by Gasteiger charge is 2.26. The van der Waals surface area contributed by atoms with E-state index in [4.69, 9.17) is 30.5 Å². The van der Waals surface area contributed by atoms with Gasteiger partial charge in [-0.2, -0.15) is 0 Å². The van der Waals surface area contributed by atoms with Gasteiger partial charge in [-0.25, -0.2) is 4.79 Å². The average molecular weight is 435 g/mol. The van der Waals surface area contributed by atoms with Gasteiger partial charge in [0.15, 0.2) is 6.79 Å². The molecule has 162 valence electrons. The van der Waals surface area contributed by atoms with E-state index in [1.807, 2.05) is 25.1 Å². The number of ether oxygens (including phenoxy) is 4. The molecule has 0 aliphatic carbocycles. The summed E-state index contributed by atoms with van der Waals surface area (Å²) in [6, 6.07) is 10.5. The largest absolute Gasteiger partial charge is 0.467 e. The minimum absolute atomic E-state index is 0.00532. The number of benzene rings is 2. The summed E-state index contributed by atoms with van der Waals surface area (Å²) in [5.41, 5.74) is 2.74. The molecule has 0 aromatic heterocycles. The van der Waals surface area contributed by atoms with E-state index in [0.717, 1.165) is 11.1 Å². The normalized spacial score (nSPS) is 11.6. The molecule has 7 heteroatoms. The van der Waals surface area contributed by atoms with E-state index in [1.54, 1.807) is 32.0 Å². The maximum atomic E-state index is 12.8. The minimum Gasteiger partial charge on any atom is -0.467 e. The second-order valence-corrected chi connectivity index (χ2v) is 7.03. The summed E-state index contributed by atoms with van der Waals surface area (Å²) in [4.78, 5) is 24.8. The van der Waals surface area contributed by atoms with Crippen molar-refractivity contribution in [2.24, 2.45) is 0 Å². The van der Waals surface area contributed by atoms with Gasteiger partial charge >= 0.3 is 11.9 Å². The van der Waals surface area contributed by atoms with Gasteiger partial charge in [-0.3, -0.25) is 4.79 Å². The quantitative estimate of drug-likeness (QED) is 0.399. The zero-order valence-corrected chi connectivity index (χ0v) is 18.5. The predicted molar refractivity (Wildman–Crippen MR) is 114 cm³/mol. The van der Waals surface area contributed by atoms with Gasteiger partial charge in [-0.15, -0.1) is 0 Å². The number of rotatable bonds is 10. The second-order valence-electron chi connectivity index (χ2n) is 6.63. The van der Waals surface area contributed by atoms with Crippen LogP contribution in [0.5, 0.6) is 5.75 Å². The van der Waals surface area contributed by atoms with Gasteiger partial charge in [0.05, 0.1) is 24.7 Å². The van der Waals surface area contributed by atoms with Crippen LogP contribution >= 0.6 is 11.6 Å². The molecule has 0 aliphatic heterocycles. The number of aryl methyl sites for hydroxylation is 1. The lowest BCUT2D eigenvalue weighted by atomic mass is 9.90. The first-order valence-electron chi connectivity index (χ1n) is 9.75. The summed E-state index contributed by atoms with van der Waals surface area (Å²) in [6.45, 7) is 5.95. The highest BCUT2D eigenvalue weighted by Crippen LogP contribution is 2.33. The lowest BCUT2D eigenvalue weighted by Crippen LogP contribution is -2.19. The van der Waals surface area contributed by atoms with Crippen LogP contribution in [0, 0.1) is 6.92 Å². The Kier molecular flexibility index (Phi) is 9.15. The van der Waals surface area contributed by atoms with Crippen molar-refractivity contribution in [3.63, 3.8) is 0 Å². The average Bonchev–Trinajstić information content (AvgIpc) is 2.71. The molecule has 0 fully saturated rings. The topological polar surface area (TPSA) is 71.1 Å². The third-order valence-electron chi connectivity index (χ3n) is 4.44. The summed E-state index contributed by atoms with van der Waals surface area (Å²) >= 11 is 6.44. The Morgan fingerprint density at radius 1 is 1.03 bits per heavy atom. The van der Waals surface area contributed by atoms with Gasteiger partial charge < -0.3 is 18.9 Å². The van der Waals surface area contributed by atoms with Crippen molar-refractivity contribution < 1.29 is 28.5 Å². The molecular weight excluding hydrogens is 408 g/mol. The zero-order chi connectivity index (χ0) is 22.1. The summed E-state index contributed by atoms with van der Waals surface area (Å²) in [5.74, 6) is -1.03. The molecule has 2 rings (SSSR count). The summed E-state index contributed by atoms with van der Waals surface area (Å²) in [7, 11) is 1.50. The van der Waals surface area contributed by atoms with Crippen LogP contribution in [-0.4, -0.2) is 39.1 Å². The van der Waals surface area contributed by atoms with Crippen LogP contribution in [0.4, 0.5) is 0 Å². The highest BCUT2D eigenvalue weighted by atomic mass is 35.5. The molecule has 6 nitrogen and oxygen atoms in total. The standard InChI is InChI=1S/C23H27ClO6/c1-5-28-22(25)17-9-8-16(21(13-17)30-14-27-4)12-19(23(26)29-6-2)18-10-7-15(3)11-20(18)24/h7-11,13,19H,5-6,12,14H2,1-4H3. The monoisotopic (exact) mass is 434 g/mol.